The molecule has 642 valence electrons. The van der Waals surface area contributed by atoms with E-state index in [2.05, 4.69) is 51.6 Å². The highest BCUT2D eigenvalue weighted by Crippen LogP contribution is 2.35. The number of azide groups is 1. The minimum absolute atomic E-state index is 0. The van der Waals surface area contributed by atoms with Crippen LogP contribution in [0, 0.1) is 11.8 Å². The molecule has 13 rings (SSSR count). The highest BCUT2D eigenvalue weighted by atomic mass is 35.5. The van der Waals surface area contributed by atoms with Gasteiger partial charge in [-0.15, -0.1) is 34.8 Å². The lowest BCUT2D eigenvalue weighted by atomic mass is 10.0. The zero-order chi connectivity index (χ0) is 85.6. The minimum Gasteiger partial charge on any atom is -0.447 e. The largest absolute Gasteiger partial charge is 0.447 e. The van der Waals surface area contributed by atoms with Gasteiger partial charge in [0.2, 0.25) is 0 Å². The molecule has 0 aromatic heterocycles. The van der Waals surface area contributed by atoms with Crippen LogP contribution in [0.5, 0.6) is 0 Å². The Labute approximate surface area is 708 Å². The van der Waals surface area contributed by atoms with E-state index >= 15 is 0 Å². The van der Waals surface area contributed by atoms with E-state index in [1.54, 1.807) is 74.8 Å². The molecule has 9 aliphatic rings. The maximum atomic E-state index is 11.5. The molecule has 9 saturated heterocycles. The van der Waals surface area contributed by atoms with Gasteiger partial charge in [-0.25, -0.2) is 56.1 Å². The van der Waals surface area contributed by atoms with E-state index in [-0.39, 0.29) is 130 Å². The van der Waals surface area contributed by atoms with Gasteiger partial charge >= 0.3 is 61.0 Å². The molecule has 116 heavy (non-hydrogen) atoms. The van der Waals surface area contributed by atoms with E-state index in [9.17, 15) is 43.2 Å². The van der Waals surface area contributed by atoms with Crippen LogP contribution in [0.25, 0.3) is 10.4 Å². The number of hydrogen-bond acceptors (Lipinski definition) is 24. The summed E-state index contributed by atoms with van der Waals surface area (Å²) in [7, 11) is 10.4. The first-order chi connectivity index (χ1) is 54.7. The van der Waals surface area contributed by atoms with Gasteiger partial charge in [0, 0.05) is 64.0 Å². The number of hydrogen-bond donors (Lipinski definition) is 0. The van der Waals surface area contributed by atoms with Crippen molar-refractivity contribution in [1.29, 1.82) is 0 Å². The van der Waals surface area contributed by atoms with E-state index in [1.165, 1.54) is 45.6 Å². The van der Waals surface area contributed by atoms with Crippen molar-refractivity contribution in [1.82, 2.24) is 42.3 Å². The normalized spacial score (nSPS) is 23.3. The van der Waals surface area contributed by atoms with E-state index in [0.29, 0.717) is 86.0 Å². The van der Waals surface area contributed by atoms with E-state index in [1.807, 2.05) is 148 Å². The Bertz CT molecular complexity index is 3730. The van der Waals surface area contributed by atoms with Crippen LogP contribution in [0.2, 0.25) is 0 Å². The molecule has 4 aromatic carbocycles. The zero-order valence-electron chi connectivity index (χ0n) is 67.6. The quantitative estimate of drug-likeness (QED) is 0.0237. The Balaban J connectivity index is 0.000000337. The average Bonchev–Trinajstić information content (AvgIpc) is 1.67. The molecule has 0 saturated carbocycles. The molecule has 0 spiro atoms. The van der Waals surface area contributed by atoms with Gasteiger partial charge in [-0.2, -0.15) is 9.59 Å². The van der Waals surface area contributed by atoms with Crippen LogP contribution in [0.4, 0.5) is 43.2 Å². The molecular formula is C78H111Cl3N12O20S3. The Morgan fingerprint density at radius 3 is 1.17 bits per heavy atom. The summed E-state index contributed by atoms with van der Waals surface area (Å²) in [5, 5.41) is 4.32. The topological polar surface area (TPSA) is 349 Å². The maximum Gasteiger partial charge on any atom is 0.420 e. The molecule has 9 aliphatic heterocycles. The van der Waals surface area contributed by atoms with Gasteiger partial charge in [0.15, 0.2) is 0 Å². The number of halogens is 3. The van der Waals surface area contributed by atoms with Crippen molar-refractivity contribution in [3.8, 4) is 0 Å². The average molecular weight is 1740 g/mol. The summed E-state index contributed by atoms with van der Waals surface area (Å²) in [6.07, 6.45) is -0.0133. The van der Waals surface area contributed by atoms with Crippen LogP contribution < -0.4 is 0 Å². The fourth-order valence-electron chi connectivity index (χ4n) is 11.8. The molecule has 0 aliphatic carbocycles. The van der Waals surface area contributed by atoms with Crippen molar-refractivity contribution in [3.05, 3.63) is 154 Å². The van der Waals surface area contributed by atoms with Gasteiger partial charge in [-0.1, -0.05) is 189 Å². The number of alkyl halides is 3. The smallest absolute Gasteiger partial charge is 0.420 e. The van der Waals surface area contributed by atoms with Gasteiger partial charge in [0.25, 0.3) is 0 Å². The second kappa shape index (κ2) is 52.6. The van der Waals surface area contributed by atoms with Crippen molar-refractivity contribution in [2.45, 2.75) is 153 Å². The maximum absolute atomic E-state index is 11.5. The van der Waals surface area contributed by atoms with Crippen LogP contribution in [-0.2, 0) is 52.2 Å². The summed E-state index contributed by atoms with van der Waals surface area (Å²) in [5.41, 5.74) is 12.6. The van der Waals surface area contributed by atoms with Crippen LogP contribution >= 0.6 is 70.6 Å². The first-order valence-electron chi connectivity index (χ1n) is 36.9. The lowest BCUT2D eigenvalue weighted by Gasteiger charge is -2.20. The van der Waals surface area contributed by atoms with Gasteiger partial charge in [-0.05, 0) is 88.8 Å². The van der Waals surface area contributed by atoms with Crippen LogP contribution in [-0.4, -0.2) is 275 Å². The van der Waals surface area contributed by atoms with E-state index in [0.717, 1.165) is 28.7 Å². The summed E-state index contributed by atoms with van der Waals surface area (Å²) in [5.74, 6) is 2.10. The predicted octanol–water partition coefficient (Wildman–Crippen LogP) is 16.5. The Morgan fingerprint density at radius 2 is 0.845 bits per heavy atom. The number of benzene rings is 4. The third-order valence-corrected chi connectivity index (χ3v) is 22.3. The van der Waals surface area contributed by atoms with Gasteiger partial charge in [0.05, 0.1) is 74.0 Å². The number of rotatable bonds is 17. The monoisotopic (exact) mass is 1740 g/mol. The molecule has 0 N–H and O–H groups in total. The molecular weight excluding hydrogens is 1630 g/mol. The first kappa shape index (κ1) is 101. The second-order valence-corrected chi connectivity index (χ2v) is 32.3. The van der Waals surface area contributed by atoms with Crippen molar-refractivity contribution >= 4 is 132 Å². The molecule has 0 bridgehead atoms. The summed E-state index contributed by atoms with van der Waals surface area (Å²) < 4.78 is 49.5. The molecule has 0 radical (unpaired) electrons. The third kappa shape index (κ3) is 31.7. The fraction of sp³-hybridized carbons (Fsp3) is 0.564. The van der Waals surface area contributed by atoms with E-state index < -0.39 is 12.2 Å². The fourth-order valence-corrected chi connectivity index (χ4v) is 14.7. The van der Waals surface area contributed by atoms with Gasteiger partial charge in [0.1, 0.15) is 63.0 Å². The molecule has 32 nitrogen and oxygen atoms in total. The van der Waals surface area contributed by atoms with Crippen molar-refractivity contribution in [2.75, 3.05) is 119 Å². The van der Waals surface area contributed by atoms with Crippen LogP contribution in [0.3, 0.4) is 0 Å². The number of likely N-dealkylation sites (N-methyl/N-ethyl adjacent to an activating group) is 6. The molecule has 9 fully saturated rings. The minimum atomic E-state index is -0.425. The molecule has 9 amide bonds. The third-order valence-electron chi connectivity index (χ3n) is 18.2. The lowest BCUT2D eigenvalue weighted by Crippen LogP contribution is -2.33. The van der Waals surface area contributed by atoms with Crippen molar-refractivity contribution < 1.29 is 95.4 Å². The number of nitrogens with zero attached hydrogens (tertiary/aromatic N) is 12. The highest BCUT2D eigenvalue weighted by molar-refractivity contribution is 7.98. The standard InChI is InChI=1S/C11H12N4O2.C11H13NO2.C10H11NO2S.C10H11NO2.C8H14ClNO2S.C7H12ClNO2S.2C7H13NO2.C5H8ClNO2.CO2.CH4/c1-15-10(8-5-3-2-4-6-8)9(7-13-14-12)17-11(15)16;1-8-10(12(2)11(13)14-8)9-6-4-3-5-7-9;1-14-11-9(7-13-10(11)12)8-5-3-2-4-6-8;1-11-9(7-13-10(11)12)8-5-3-2-4-6-8;1-3-6(2)13-10-5-7(4-9)12-8(10)11;1-5(2)12-9-4-6(3-8)11-7(9)10;2*1-5(2)6-4-10-7(9)8(6)3;1-7-3-4(2-6)9-5(7)8;2-1-3;/h2-6,9-10H,7H2,1H3;3-8,10H,1-2H3;2-6,9H,7H2,1H3;2-6,9H,7H2,1H3;6-7H,3-5H2,1-2H3;5-6H,3-4H2,1-2H3;2*5-6H,4H2,1-3H3;4H,2-3H2,1H3;;1H4/t9-,10-;8-,10+;2*9-;;;2*6-;;;/m0010..10.../s1. The van der Waals surface area contributed by atoms with Crippen molar-refractivity contribution in [3.63, 3.8) is 0 Å². The summed E-state index contributed by atoms with van der Waals surface area (Å²) in [6.45, 7) is 22.5. The predicted molar refractivity (Wildman–Crippen MR) is 445 cm³/mol. The zero-order valence-corrected chi connectivity index (χ0v) is 72.3. The van der Waals surface area contributed by atoms with Crippen molar-refractivity contribution in [2.24, 2.45) is 17.0 Å². The molecule has 12 atom stereocenters. The van der Waals surface area contributed by atoms with Crippen LogP contribution in [0.1, 0.15) is 123 Å². The molecule has 4 unspecified atom stereocenters. The highest BCUT2D eigenvalue weighted by Gasteiger charge is 2.42. The number of cyclic esters (lactones) is 9. The van der Waals surface area contributed by atoms with Gasteiger partial charge < -0.3 is 72.0 Å². The number of carbonyl (C=O) groups is 9. The molecule has 38 heteroatoms. The lowest BCUT2D eigenvalue weighted by molar-refractivity contribution is -0.191. The Morgan fingerprint density at radius 1 is 0.474 bits per heavy atom. The Hall–Kier alpha value is -9.08. The number of amides is 9. The summed E-state index contributed by atoms with van der Waals surface area (Å²) >= 11 is 21.0. The Kier molecular flexibility index (Phi) is 45.8. The van der Waals surface area contributed by atoms with Gasteiger partial charge in [-0.3, -0.25) is 0 Å². The number of carbonyl (C=O) groups excluding carboxylic acids is 11. The summed E-state index contributed by atoms with van der Waals surface area (Å²) in [6, 6.07) is 39.8. The van der Waals surface area contributed by atoms with E-state index in [4.69, 9.17) is 92.6 Å². The number of ether oxygens (including phenoxy) is 9. The first-order valence-corrected chi connectivity index (χ1v) is 41.4. The molecule has 4 aromatic rings. The second-order valence-electron chi connectivity index (χ2n) is 27.5. The van der Waals surface area contributed by atoms with Crippen LogP contribution in [0.15, 0.2) is 126 Å². The SMILES string of the molecule is C.CC(C)SN1CC(CCl)OC1=O.CC(C)[C@@H]1COC(=O)N1C.CC(C)[C@H]1COC(=O)N1C.CCC(C)SN1CC(CCl)OC1=O.CN1C(=O)OC[C@H]1c1ccccc1.CN1C(=O)O[C@@H](CN=[N+]=[N-])[C@@H]1c1ccccc1.CN1CC(CCl)OC1=O.CSN1C(=O)OC[C@@H]1c1ccccc1.C[C@@H]1OC(=O)N(C)[C@H]1c1ccccc1.O=C=O. The summed E-state index contributed by atoms with van der Waals surface area (Å²) in [4.78, 5) is 128. The molecule has 9 heterocycles.